The Bertz CT molecular complexity index is 639. The normalized spacial score (nSPS) is 20.1. The average molecular weight is 389 g/mol. The predicted molar refractivity (Wildman–Crippen MR) is 108 cm³/mol. The van der Waals surface area contributed by atoms with Crippen molar-refractivity contribution >= 4 is 17.6 Å². The zero-order valence-corrected chi connectivity index (χ0v) is 17.0. The molecule has 1 N–H and O–H groups in total. The summed E-state index contributed by atoms with van der Waals surface area (Å²) in [6.07, 6.45) is 7.80. The Labute approximate surface area is 167 Å². The van der Waals surface area contributed by atoms with Crippen LogP contribution in [0.1, 0.15) is 33.1 Å². The summed E-state index contributed by atoms with van der Waals surface area (Å²) in [6, 6.07) is 0.211. The van der Waals surface area contributed by atoms with Crippen molar-refractivity contribution in [2.45, 2.75) is 39.2 Å². The molecule has 8 nitrogen and oxygen atoms in total. The van der Waals surface area contributed by atoms with E-state index < -0.39 is 0 Å². The molecule has 0 bridgehead atoms. The van der Waals surface area contributed by atoms with Crippen molar-refractivity contribution < 1.29 is 9.59 Å². The largest absolute Gasteiger partial charge is 0.355 e. The average Bonchev–Trinajstić information content (AvgIpc) is 2.74. The van der Waals surface area contributed by atoms with Gasteiger partial charge >= 0.3 is 0 Å². The molecule has 154 valence electrons. The number of carbonyl (C=O) groups excluding carboxylic acids is 2. The second kappa shape index (κ2) is 9.82. The summed E-state index contributed by atoms with van der Waals surface area (Å²) in [4.78, 5) is 39.7. The molecular weight excluding hydrogens is 356 g/mol. The van der Waals surface area contributed by atoms with Gasteiger partial charge in [-0.15, -0.1) is 0 Å². The molecule has 3 heterocycles. The lowest BCUT2D eigenvalue weighted by Gasteiger charge is -2.38. The van der Waals surface area contributed by atoms with Crippen molar-refractivity contribution in [2.75, 3.05) is 50.7 Å². The molecule has 2 aliphatic rings. The zero-order chi connectivity index (χ0) is 19.9. The number of hydrogen-bond donors (Lipinski definition) is 1. The summed E-state index contributed by atoms with van der Waals surface area (Å²) in [5.41, 5.74) is 0. The topological polar surface area (TPSA) is 81.7 Å². The van der Waals surface area contributed by atoms with E-state index >= 15 is 0 Å². The Morgan fingerprint density at radius 1 is 1.14 bits per heavy atom. The number of hydrogen-bond acceptors (Lipinski definition) is 6. The summed E-state index contributed by atoms with van der Waals surface area (Å²) >= 11 is 0. The lowest BCUT2D eigenvalue weighted by molar-refractivity contribution is -0.138. The molecule has 0 aromatic carbocycles. The monoisotopic (exact) mass is 388 g/mol. The number of nitrogens with one attached hydrogen (secondary N) is 1. The van der Waals surface area contributed by atoms with Crippen LogP contribution in [-0.4, -0.2) is 83.4 Å². The van der Waals surface area contributed by atoms with Crippen LogP contribution in [0.5, 0.6) is 0 Å². The van der Waals surface area contributed by atoms with Crippen LogP contribution in [0, 0.1) is 5.92 Å². The van der Waals surface area contributed by atoms with Gasteiger partial charge in [0.05, 0.1) is 12.7 Å². The molecule has 8 heteroatoms. The third kappa shape index (κ3) is 5.41. The first kappa shape index (κ1) is 20.5. The van der Waals surface area contributed by atoms with Gasteiger partial charge in [0.25, 0.3) is 0 Å². The molecule has 0 radical (unpaired) electrons. The standard InChI is InChI=1S/C20H32N6O2/c1-3-16(2)23-19(27)15-24-10-12-26(13-11-24)20(28)17-4-8-25(9-5-17)18-14-21-6-7-22-18/h6-7,14,16-17H,3-5,8-13,15H2,1-2H3,(H,23,27). The van der Waals surface area contributed by atoms with E-state index in [2.05, 4.69) is 32.0 Å². The molecule has 2 amide bonds. The molecule has 1 aromatic heterocycles. The number of amides is 2. The molecular formula is C20H32N6O2. The van der Waals surface area contributed by atoms with Crippen LogP contribution in [0.2, 0.25) is 0 Å². The number of rotatable bonds is 6. The molecule has 2 aliphatic heterocycles. The number of carbonyl (C=O) groups is 2. The van der Waals surface area contributed by atoms with Crippen molar-refractivity contribution in [3.63, 3.8) is 0 Å². The molecule has 28 heavy (non-hydrogen) atoms. The molecule has 1 aromatic rings. The Hall–Kier alpha value is -2.22. The fourth-order valence-electron chi connectivity index (χ4n) is 3.82. The van der Waals surface area contributed by atoms with Crippen LogP contribution in [0.4, 0.5) is 5.82 Å². The van der Waals surface area contributed by atoms with Crippen LogP contribution in [0.3, 0.4) is 0 Å². The fraction of sp³-hybridized carbons (Fsp3) is 0.700. The molecule has 2 saturated heterocycles. The molecule has 0 saturated carbocycles. The van der Waals surface area contributed by atoms with E-state index in [4.69, 9.17) is 0 Å². The predicted octanol–water partition coefficient (Wildman–Crippen LogP) is 0.752. The van der Waals surface area contributed by atoms with Crippen molar-refractivity contribution in [3.05, 3.63) is 18.6 Å². The Kier molecular flexibility index (Phi) is 7.19. The van der Waals surface area contributed by atoms with E-state index in [0.717, 1.165) is 51.3 Å². The van der Waals surface area contributed by atoms with E-state index in [1.54, 1.807) is 18.6 Å². The maximum Gasteiger partial charge on any atom is 0.234 e. The molecule has 1 unspecified atom stereocenters. The first-order chi connectivity index (χ1) is 13.6. The summed E-state index contributed by atoms with van der Waals surface area (Å²) < 4.78 is 0. The lowest BCUT2D eigenvalue weighted by Crippen LogP contribution is -2.53. The Balaban J connectivity index is 1.40. The van der Waals surface area contributed by atoms with Crippen LogP contribution < -0.4 is 10.2 Å². The lowest BCUT2D eigenvalue weighted by atomic mass is 9.95. The quantitative estimate of drug-likeness (QED) is 0.775. The highest BCUT2D eigenvalue weighted by Crippen LogP contribution is 2.23. The molecule has 0 spiro atoms. The van der Waals surface area contributed by atoms with E-state index in [1.165, 1.54) is 0 Å². The fourth-order valence-corrected chi connectivity index (χ4v) is 3.82. The number of aromatic nitrogens is 2. The highest BCUT2D eigenvalue weighted by molar-refractivity contribution is 5.80. The number of piperazine rings is 1. The molecule has 1 atom stereocenters. The first-order valence-corrected chi connectivity index (χ1v) is 10.4. The third-order valence-electron chi connectivity index (χ3n) is 5.79. The van der Waals surface area contributed by atoms with Gasteiger partial charge in [0, 0.05) is 63.6 Å². The summed E-state index contributed by atoms with van der Waals surface area (Å²) in [7, 11) is 0. The van der Waals surface area contributed by atoms with E-state index in [0.29, 0.717) is 19.6 Å². The van der Waals surface area contributed by atoms with Crippen molar-refractivity contribution in [1.29, 1.82) is 0 Å². The van der Waals surface area contributed by atoms with Crippen LogP contribution in [0.15, 0.2) is 18.6 Å². The van der Waals surface area contributed by atoms with Gasteiger partial charge in [-0.25, -0.2) is 4.98 Å². The van der Waals surface area contributed by atoms with Gasteiger partial charge in [-0.3, -0.25) is 19.5 Å². The van der Waals surface area contributed by atoms with E-state index in [1.807, 2.05) is 11.8 Å². The van der Waals surface area contributed by atoms with Crippen molar-refractivity contribution in [3.8, 4) is 0 Å². The van der Waals surface area contributed by atoms with Crippen LogP contribution in [0.25, 0.3) is 0 Å². The SMILES string of the molecule is CCC(C)NC(=O)CN1CCN(C(=O)C2CCN(c3cnccn3)CC2)CC1. The highest BCUT2D eigenvalue weighted by Gasteiger charge is 2.31. The minimum absolute atomic E-state index is 0.0745. The smallest absolute Gasteiger partial charge is 0.234 e. The van der Waals surface area contributed by atoms with Crippen molar-refractivity contribution in [1.82, 2.24) is 25.1 Å². The molecule has 2 fully saturated rings. The maximum absolute atomic E-state index is 12.9. The second-order valence-corrected chi connectivity index (χ2v) is 7.80. The first-order valence-electron chi connectivity index (χ1n) is 10.4. The summed E-state index contributed by atoms with van der Waals surface area (Å²) in [5, 5.41) is 3.00. The second-order valence-electron chi connectivity index (χ2n) is 7.80. The molecule has 3 rings (SSSR count). The van der Waals surface area contributed by atoms with Crippen molar-refractivity contribution in [2.24, 2.45) is 5.92 Å². The van der Waals surface area contributed by atoms with E-state index in [9.17, 15) is 9.59 Å². The Morgan fingerprint density at radius 2 is 1.86 bits per heavy atom. The molecule has 0 aliphatic carbocycles. The summed E-state index contributed by atoms with van der Waals surface area (Å²) in [6.45, 7) is 9.12. The van der Waals surface area contributed by atoms with Gasteiger partial charge in [0.15, 0.2) is 0 Å². The third-order valence-corrected chi connectivity index (χ3v) is 5.79. The van der Waals surface area contributed by atoms with Gasteiger partial charge in [0.1, 0.15) is 5.82 Å². The van der Waals surface area contributed by atoms with Crippen LogP contribution in [-0.2, 0) is 9.59 Å². The van der Waals surface area contributed by atoms with Gasteiger partial charge < -0.3 is 15.1 Å². The van der Waals surface area contributed by atoms with Gasteiger partial charge in [-0.1, -0.05) is 6.92 Å². The van der Waals surface area contributed by atoms with Crippen LogP contribution >= 0.6 is 0 Å². The zero-order valence-electron chi connectivity index (χ0n) is 17.0. The number of nitrogens with zero attached hydrogens (tertiary/aromatic N) is 5. The Morgan fingerprint density at radius 3 is 2.46 bits per heavy atom. The number of anilines is 1. The summed E-state index contributed by atoms with van der Waals surface area (Å²) in [5.74, 6) is 1.32. The maximum atomic E-state index is 12.9. The van der Waals surface area contributed by atoms with Gasteiger partial charge in [-0.05, 0) is 26.2 Å². The minimum Gasteiger partial charge on any atom is -0.355 e. The van der Waals surface area contributed by atoms with E-state index in [-0.39, 0.29) is 23.8 Å². The van der Waals surface area contributed by atoms with Gasteiger partial charge in [0.2, 0.25) is 11.8 Å². The van der Waals surface area contributed by atoms with Gasteiger partial charge in [-0.2, -0.15) is 0 Å². The minimum atomic E-state index is 0.0745. The number of piperidine rings is 1. The highest BCUT2D eigenvalue weighted by atomic mass is 16.2.